The fourth-order valence-electron chi connectivity index (χ4n) is 5.40. The largest absolute Gasteiger partial charge is 0.354 e. The minimum Gasteiger partial charge on any atom is -0.354 e. The van der Waals surface area contributed by atoms with Crippen LogP contribution in [0.5, 0.6) is 0 Å². The number of carbonyl (C=O) groups is 2. The van der Waals surface area contributed by atoms with Crippen molar-refractivity contribution in [1.82, 2.24) is 46.0 Å². The van der Waals surface area contributed by atoms with Crippen LogP contribution in [-0.2, 0) is 11.3 Å². The zero-order valence-electron chi connectivity index (χ0n) is 26.4. The van der Waals surface area contributed by atoms with Gasteiger partial charge in [0, 0.05) is 70.4 Å². The molecule has 1 fully saturated rings. The maximum atomic E-state index is 13.4. The van der Waals surface area contributed by atoms with E-state index in [4.69, 9.17) is 4.98 Å². The van der Waals surface area contributed by atoms with E-state index < -0.39 is 0 Å². The number of aromatic nitrogens is 3. The fourth-order valence-corrected chi connectivity index (χ4v) is 5.40. The number of nitrogens with one attached hydrogen (secondary N) is 4. The summed E-state index contributed by atoms with van der Waals surface area (Å²) in [7, 11) is 6.09. The number of benzene rings is 1. The summed E-state index contributed by atoms with van der Waals surface area (Å²) in [6.07, 6.45) is 5.76. The molecule has 3 heterocycles. The molecule has 11 heteroatoms. The standard InChI is InChI=1S/C32H49N9O2/c1-23(2)41-31-28(21-36-41)27(19-29(37-31)25-11-9-10-24(18-25)22-39(4)17-15-33-3)32(43)34-14-8-6-7-12-30(42)35-20-26-13-16-40(5)38-26/h9-11,18-19,21,23,26,33,38H,6-8,12-17,20,22H2,1-5H3,(H,34,43)(H,35,42). The number of fused-ring (bicyclic) bond motifs is 1. The first-order valence-corrected chi connectivity index (χ1v) is 15.6. The van der Waals surface area contributed by atoms with Crippen LogP contribution in [0.25, 0.3) is 22.3 Å². The van der Waals surface area contributed by atoms with Gasteiger partial charge in [-0.05, 0) is 64.9 Å². The average molecular weight is 592 g/mol. The van der Waals surface area contributed by atoms with E-state index in [-0.39, 0.29) is 17.9 Å². The van der Waals surface area contributed by atoms with E-state index in [1.165, 1.54) is 5.56 Å². The van der Waals surface area contributed by atoms with Crippen molar-refractivity contribution in [3.8, 4) is 11.3 Å². The highest BCUT2D eigenvalue weighted by Gasteiger charge is 2.20. The number of rotatable bonds is 16. The van der Waals surface area contributed by atoms with Crippen LogP contribution in [0.4, 0.5) is 0 Å². The zero-order chi connectivity index (χ0) is 30.8. The molecule has 1 aliphatic heterocycles. The lowest BCUT2D eigenvalue weighted by molar-refractivity contribution is -0.121. The van der Waals surface area contributed by atoms with Crippen LogP contribution < -0.4 is 21.4 Å². The summed E-state index contributed by atoms with van der Waals surface area (Å²) in [4.78, 5) is 32.9. The molecule has 0 bridgehead atoms. The molecule has 4 N–H and O–H groups in total. The number of hydrogen-bond donors (Lipinski definition) is 4. The van der Waals surface area contributed by atoms with E-state index in [2.05, 4.69) is 69.4 Å². The van der Waals surface area contributed by atoms with Gasteiger partial charge < -0.3 is 20.9 Å². The lowest BCUT2D eigenvalue weighted by Crippen LogP contribution is -2.40. The number of amides is 2. The Morgan fingerprint density at radius 1 is 1.14 bits per heavy atom. The van der Waals surface area contributed by atoms with Gasteiger partial charge >= 0.3 is 0 Å². The van der Waals surface area contributed by atoms with Gasteiger partial charge in [-0.15, -0.1) is 0 Å². The molecule has 1 aliphatic rings. The van der Waals surface area contributed by atoms with Crippen molar-refractivity contribution in [2.75, 3.05) is 53.9 Å². The van der Waals surface area contributed by atoms with Gasteiger partial charge in [0.05, 0.1) is 22.8 Å². The van der Waals surface area contributed by atoms with Crippen molar-refractivity contribution in [3.63, 3.8) is 0 Å². The number of carbonyl (C=O) groups excluding carboxylic acids is 2. The lowest BCUT2D eigenvalue weighted by atomic mass is 10.0. The van der Waals surface area contributed by atoms with E-state index in [1.807, 2.05) is 37.0 Å². The van der Waals surface area contributed by atoms with Crippen LogP contribution >= 0.6 is 0 Å². The summed E-state index contributed by atoms with van der Waals surface area (Å²) in [5.41, 5.74) is 7.53. The molecule has 1 aromatic carbocycles. The Kier molecular flexibility index (Phi) is 12.0. The molecule has 1 unspecified atom stereocenters. The maximum Gasteiger partial charge on any atom is 0.252 e. The third-order valence-corrected chi connectivity index (χ3v) is 7.85. The number of pyridine rings is 1. The predicted octanol–water partition coefficient (Wildman–Crippen LogP) is 2.95. The van der Waals surface area contributed by atoms with Crippen LogP contribution in [0.15, 0.2) is 36.5 Å². The monoisotopic (exact) mass is 591 g/mol. The third kappa shape index (κ3) is 9.30. The van der Waals surface area contributed by atoms with Crippen molar-refractivity contribution in [1.29, 1.82) is 0 Å². The van der Waals surface area contributed by atoms with Gasteiger partial charge in [-0.2, -0.15) is 5.10 Å². The topological polar surface area (TPSA) is 119 Å². The van der Waals surface area contributed by atoms with Crippen molar-refractivity contribution >= 4 is 22.8 Å². The number of unbranched alkanes of at least 4 members (excludes halogenated alkanes) is 2. The molecule has 234 valence electrons. The normalized spacial score (nSPS) is 15.6. The summed E-state index contributed by atoms with van der Waals surface area (Å²) in [5, 5.41) is 16.7. The Morgan fingerprint density at radius 2 is 1.98 bits per heavy atom. The minimum atomic E-state index is -0.133. The van der Waals surface area contributed by atoms with Gasteiger partial charge in [0.1, 0.15) is 0 Å². The molecule has 0 spiro atoms. The second kappa shape index (κ2) is 15.9. The van der Waals surface area contributed by atoms with Gasteiger partial charge in [-0.3, -0.25) is 15.0 Å². The van der Waals surface area contributed by atoms with Crippen molar-refractivity contribution in [3.05, 3.63) is 47.7 Å². The van der Waals surface area contributed by atoms with E-state index in [1.54, 1.807) is 6.20 Å². The third-order valence-electron chi connectivity index (χ3n) is 7.85. The molecule has 43 heavy (non-hydrogen) atoms. The van der Waals surface area contributed by atoms with Crippen LogP contribution in [0.2, 0.25) is 0 Å². The molecule has 3 aromatic rings. The highest BCUT2D eigenvalue weighted by atomic mass is 16.2. The van der Waals surface area contributed by atoms with Gasteiger partial charge in [-0.25, -0.2) is 14.7 Å². The Labute approximate surface area is 255 Å². The van der Waals surface area contributed by atoms with Crippen molar-refractivity contribution in [2.24, 2.45) is 0 Å². The Balaban J connectivity index is 1.36. The Bertz CT molecular complexity index is 1360. The maximum absolute atomic E-state index is 13.4. The predicted molar refractivity (Wildman–Crippen MR) is 172 cm³/mol. The summed E-state index contributed by atoms with van der Waals surface area (Å²) < 4.78 is 1.87. The molecule has 4 rings (SSSR count). The fraction of sp³-hybridized carbons (Fsp3) is 0.562. The van der Waals surface area contributed by atoms with Crippen molar-refractivity contribution < 1.29 is 9.59 Å². The van der Waals surface area contributed by atoms with Gasteiger partial charge in [-0.1, -0.05) is 24.6 Å². The summed E-state index contributed by atoms with van der Waals surface area (Å²) in [6.45, 7) is 9.04. The summed E-state index contributed by atoms with van der Waals surface area (Å²) in [5.74, 6) is -0.0466. The second-order valence-electron chi connectivity index (χ2n) is 11.9. The molecule has 11 nitrogen and oxygen atoms in total. The molecule has 2 amide bonds. The molecule has 0 aliphatic carbocycles. The van der Waals surface area contributed by atoms with E-state index >= 15 is 0 Å². The quantitative estimate of drug-likeness (QED) is 0.188. The van der Waals surface area contributed by atoms with E-state index in [9.17, 15) is 9.59 Å². The molecule has 0 radical (unpaired) electrons. The number of hydrogen-bond acceptors (Lipinski definition) is 8. The molecular formula is C32H49N9O2. The molecule has 1 saturated heterocycles. The lowest BCUT2D eigenvalue weighted by Gasteiger charge is -2.17. The smallest absolute Gasteiger partial charge is 0.252 e. The van der Waals surface area contributed by atoms with Crippen LogP contribution in [0.3, 0.4) is 0 Å². The first kappa shape index (κ1) is 32.5. The molecular weight excluding hydrogens is 542 g/mol. The highest BCUT2D eigenvalue weighted by molar-refractivity contribution is 6.06. The van der Waals surface area contributed by atoms with E-state index in [0.29, 0.717) is 36.8 Å². The van der Waals surface area contributed by atoms with Crippen LogP contribution in [0, 0.1) is 0 Å². The summed E-state index contributed by atoms with van der Waals surface area (Å²) >= 11 is 0. The highest BCUT2D eigenvalue weighted by Crippen LogP contribution is 2.27. The summed E-state index contributed by atoms with van der Waals surface area (Å²) in [6, 6.07) is 10.7. The minimum absolute atomic E-state index is 0.0861. The second-order valence-corrected chi connectivity index (χ2v) is 11.9. The zero-order valence-corrected chi connectivity index (χ0v) is 26.4. The number of nitrogens with zero attached hydrogens (tertiary/aromatic N) is 5. The Hall–Kier alpha value is -3.38. The van der Waals surface area contributed by atoms with Gasteiger partial charge in [0.15, 0.2) is 5.65 Å². The van der Waals surface area contributed by atoms with Gasteiger partial charge in [0.2, 0.25) is 5.91 Å². The molecule has 0 saturated carbocycles. The number of likely N-dealkylation sites (N-methyl/N-ethyl adjacent to an activating group) is 2. The first-order valence-electron chi connectivity index (χ1n) is 15.6. The van der Waals surface area contributed by atoms with E-state index in [0.717, 1.165) is 68.5 Å². The van der Waals surface area contributed by atoms with Crippen LogP contribution in [0.1, 0.15) is 67.9 Å². The van der Waals surface area contributed by atoms with Crippen LogP contribution in [-0.4, -0.2) is 96.4 Å². The average Bonchev–Trinajstić information content (AvgIpc) is 3.62. The SMILES string of the molecule is CNCCN(C)Cc1cccc(-c2cc(C(=O)NCCCCCC(=O)NCC3CCN(C)N3)c3cnn(C(C)C)c3n2)c1. The van der Waals surface area contributed by atoms with Crippen molar-refractivity contribution in [2.45, 2.75) is 64.6 Å². The number of hydrazine groups is 1. The van der Waals surface area contributed by atoms with Gasteiger partial charge in [0.25, 0.3) is 5.91 Å². The molecule has 2 aromatic heterocycles. The first-order chi connectivity index (χ1) is 20.7. The molecule has 1 atom stereocenters. The Morgan fingerprint density at radius 3 is 2.72 bits per heavy atom.